The van der Waals surface area contributed by atoms with E-state index in [1.807, 2.05) is 72.1 Å². The van der Waals surface area contributed by atoms with Crippen LogP contribution in [0.25, 0.3) is 22.5 Å². The highest BCUT2D eigenvalue weighted by Gasteiger charge is 2.18. The Labute approximate surface area is 196 Å². The van der Waals surface area contributed by atoms with Gasteiger partial charge in [-0.25, -0.2) is 15.0 Å². The number of thiazole rings is 1. The van der Waals surface area contributed by atoms with E-state index in [2.05, 4.69) is 31.1 Å². The topological polar surface area (TPSA) is 67.8 Å². The maximum Gasteiger partial charge on any atom is 0.236 e. The van der Waals surface area contributed by atoms with Crippen LogP contribution in [-0.2, 0) is 10.2 Å². The van der Waals surface area contributed by atoms with Crippen LogP contribution in [0.2, 0.25) is 0 Å². The number of nitrogens with zero attached hydrogens (tertiary/aromatic N) is 3. The van der Waals surface area contributed by atoms with Gasteiger partial charge in [0.25, 0.3) is 0 Å². The zero-order valence-electron chi connectivity index (χ0n) is 18.2. The van der Waals surface area contributed by atoms with Crippen molar-refractivity contribution < 1.29 is 4.79 Å². The molecule has 1 N–H and O–H groups in total. The number of nitrogens with one attached hydrogen (secondary N) is 1. The van der Waals surface area contributed by atoms with Gasteiger partial charge in [0.2, 0.25) is 5.91 Å². The Hall–Kier alpha value is -3.03. The highest BCUT2D eigenvalue weighted by molar-refractivity contribution is 7.99. The maximum atomic E-state index is 12.5. The Bertz CT molecular complexity index is 1140. The van der Waals surface area contributed by atoms with Crippen LogP contribution in [0.1, 0.15) is 26.5 Å². The molecule has 7 heteroatoms. The van der Waals surface area contributed by atoms with Crippen LogP contribution in [0, 0.1) is 0 Å². The van der Waals surface area contributed by atoms with Crippen LogP contribution in [-0.4, -0.2) is 26.6 Å². The van der Waals surface area contributed by atoms with Crippen molar-refractivity contribution in [1.82, 2.24) is 15.0 Å². The van der Waals surface area contributed by atoms with Gasteiger partial charge in [-0.15, -0.1) is 11.3 Å². The first-order chi connectivity index (χ1) is 15.4. The van der Waals surface area contributed by atoms with Crippen molar-refractivity contribution in [3.63, 3.8) is 0 Å². The molecule has 4 aromatic rings. The number of anilines is 1. The van der Waals surface area contributed by atoms with Gasteiger partial charge in [-0.2, -0.15) is 0 Å². The molecule has 0 spiro atoms. The molecule has 0 unspecified atom stereocenters. The van der Waals surface area contributed by atoms with Crippen molar-refractivity contribution >= 4 is 34.1 Å². The molecule has 0 saturated carbocycles. The second-order valence-electron chi connectivity index (χ2n) is 8.28. The van der Waals surface area contributed by atoms with Crippen molar-refractivity contribution in [2.45, 2.75) is 31.3 Å². The lowest BCUT2D eigenvalue weighted by Gasteiger charge is -2.14. The normalized spacial score (nSPS) is 11.3. The van der Waals surface area contributed by atoms with E-state index in [-0.39, 0.29) is 17.1 Å². The van der Waals surface area contributed by atoms with E-state index in [4.69, 9.17) is 9.97 Å². The molecule has 162 valence electrons. The smallest absolute Gasteiger partial charge is 0.236 e. The number of carbonyl (C=O) groups excluding carboxylic acids is 1. The van der Waals surface area contributed by atoms with Gasteiger partial charge in [0.1, 0.15) is 0 Å². The summed E-state index contributed by atoms with van der Waals surface area (Å²) >= 11 is 2.76. The number of amides is 1. The van der Waals surface area contributed by atoms with Crippen LogP contribution in [0.4, 0.5) is 5.13 Å². The minimum absolute atomic E-state index is 0.0478. The molecule has 4 rings (SSSR count). The summed E-state index contributed by atoms with van der Waals surface area (Å²) in [7, 11) is 0. The first-order valence-corrected chi connectivity index (χ1v) is 12.1. The molecule has 0 aliphatic heterocycles. The molecular formula is C25H24N4OS2. The van der Waals surface area contributed by atoms with Crippen molar-refractivity contribution in [2.24, 2.45) is 0 Å². The molecular weight excluding hydrogens is 436 g/mol. The van der Waals surface area contributed by atoms with Gasteiger partial charge in [-0.1, -0.05) is 93.2 Å². The number of aromatic nitrogens is 3. The van der Waals surface area contributed by atoms with Crippen LogP contribution in [0.3, 0.4) is 0 Å². The number of carbonyl (C=O) groups is 1. The number of benzene rings is 2. The Morgan fingerprint density at radius 2 is 1.47 bits per heavy atom. The second kappa shape index (κ2) is 9.63. The highest BCUT2D eigenvalue weighted by Crippen LogP contribution is 2.28. The molecule has 2 aromatic carbocycles. The van der Waals surface area contributed by atoms with Crippen LogP contribution in [0.5, 0.6) is 0 Å². The fourth-order valence-electron chi connectivity index (χ4n) is 2.96. The Morgan fingerprint density at radius 1 is 0.906 bits per heavy atom. The van der Waals surface area contributed by atoms with E-state index < -0.39 is 0 Å². The fourth-order valence-corrected chi connectivity index (χ4v) is 4.58. The number of thioether (sulfide) groups is 1. The summed E-state index contributed by atoms with van der Waals surface area (Å²) in [6.07, 6.45) is 0. The van der Waals surface area contributed by atoms with Crippen molar-refractivity contribution in [3.05, 3.63) is 77.8 Å². The SMILES string of the molecule is CC(C)(C)c1csc(NC(=O)CSc2nc(-c3ccccc3)cc(-c3ccccc3)n2)n1. The first kappa shape index (κ1) is 22.2. The van der Waals surface area contributed by atoms with Gasteiger partial charge in [0.05, 0.1) is 22.8 Å². The fraction of sp³-hybridized carbons (Fsp3) is 0.200. The van der Waals surface area contributed by atoms with Crippen molar-refractivity contribution in [1.29, 1.82) is 0 Å². The molecule has 0 atom stereocenters. The summed E-state index contributed by atoms with van der Waals surface area (Å²) in [5.41, 5.74) is 4.60. The van der Waals surface area contributed by atoms with Gasteiger partial charge in [-0.05, 0) is 6.07 Å². The van der Waals surface area contributed by atoms with E-state index in [1.165, 1.54) is 23.1 Å². The standard InChI is InChI=1S/C25H24N4OS2/c1-25(2,3)21-15-31-24(28-21)29-22(30)16-32-23-26-19(17-10-6-4-7-11-17)14-20(27-23)18-12-8-5-9-13-18/h4-15H,16H2,1-3H3,(H,28,29,30). The highest BCUT2D eigenvalue weighted by atomic mass is 32.2. The maximum absolute atomic E-state index is 12.5. The summed E-state index contributed by atoms with van der Waals surface area (Å²) < 4.78 is 0. The minimum atomic E-state index is -0.125. The van der Waals surface area contributed by atoms with Crippen molar-refractivity contribution in [3.8, 4) is 22.5 Å². The van der Waals surface area contributed by atoms with Gasteiger partial charge in [-0.3, -0.25) is 4.79 Å². The molecule has 2 aromatic heterocycles. The average Bonchev–Trinajstić information content (AvgIpc) is 3.28. The summed E-state index contributed by atoms with van der Waals surface area (Å²) in [4.78, 5) is 26.5. The molecule has 0 radical (unpaired) electrons. The quantitative estimate of drug-likeness (QED) is 0.270. The summed E-state index contributed by atoms with van der Waals surface area (Å²) in [6, 6.07) is 22.0. The molecule has 0 fully saturated rings. The molecule has 0 aliphatic rings. The molecule has 0 saturated heterocycles. The average molecular weight is 461 g/mol. The lowest BCUT2D eigenvalue weighted by molar-refractivity contribution is -0.113. The van der Waals surface area contributed by atoms with Gasteiger partial charge in [0, 0.05) is 21.9 Å². The molecule has 1 amide bonds. The second-order valence-corrected chi connectivity index (χ2v) is 10.1. The van der Waals surface area contributed by atoms with E-state index in [9.17, 15) is 4.79 Å². The monoisotopic (exact) mass is 460 g/mol. The predicted octanol–water partition coefficient (Wildman–Crippen LogP) is 6.30. The Balaban J connectivity index is 1.52. The van der Waals surface area contributed by atoms with Crippen LogP contribution < -0.4 is 5.32 Å². The Morgan fingerprint density at radius 3 is 1.97 bits per heavy atom. The first-order valence-electron chi connectivity index (χ1n) is 10.3. The predicted molar refractivity (Wildman–Crippen MR) is 133 cm³/mol. The van der Waals surface area contributed by atoms with E-state index in [0.717, 1.165) is 28.2 Å². The van der Waals surface area contributed by atoms with E-state index in [0.29, 0.717) is 10.3 Å². The third-order valence-corrected chi connectivity index (χ3v) is 6.30. The van der Waals surface area contributed by atoms with Gasteiger partial charge >= 0.3 is 0 Å². The van der Waals surface area contributed by atoms with E-state index in [1.54, 1.807) is 0 Å². The van der Waals surface area contributed by atoms with Crippen LogP contribution >= 0.6 is 23.1 Å². The molecule has 2 heterocycles. The molecule has 5 nitrogen and oxygen atoms in total. The van der Waals surface area contributed by atoms with Gasteiger partial charge in [0.15, 0.2) is 10.3 Å². The lowest BCUT2D eigenvalue weighted by Crippen LogP contribution is -2.15. The number of rotatable bonds is 6. The molecule has 0 aliphatic carbocycles. The third-order valence-electron chi connectivity index (χ3n) is 4.70. The Kier molecular flexibility index (Phi) is 6.67. The summed E-state index contributed by atoms with van der Waals surface area (Å²) in [5, 5.41) is 6.06. The zero-order valence-corrected chi connectivity index (χ0v) is 19.8. The number of hydrogen-bond acceptors (Lipinski definition) is 6. The van der Waals surface area contributed by atoms with Crippen molar-refractivity contribution in [2.75, 3.05) is 11.1 Å². The third kappa shape index (κ3) is 5.60. The minimum Gasteiger partial charge on any atom is -0.301 e. The lowest BCUT2D eigenvalue weighted by atomic mass is 9.93. The molecule has 0 bridgehead atoms. The molecule has 32 heavy (non-hydrogen) atoms. The largest absolute Gasteiger partial charge is 0.301 e. The summed E-state index contributed by atoms with van der Waals surface area (Å²) in [6.45, 7) is 6.31. The van der Waals surface area contributed by atoms with Crippen LogP contribution in [0.15, 0.2) is 77.3 Å². The van der Waals surface area contributed by atoms with E-state index >= 15 is 0 Å². The zero-order chi connectivity index (χ0) is 22.6. The summed E-state index contributed by atoms with van der Waals surface area (Å²) in [5.74, 6) is 0.0801. The number of hydrogen-bond donors (Lipinski definition) is 1. The van der Waals surface area contributed by atoms with Gasteiger partial charge < -0.3 is 5.32 Å².